The van der Waals surface area contributed by atoms with Crippen LogP contribution in [0.3, 0.4) is 0 Å². The third kappa shape index (κ3) is 4.56. The molecule has 20 heavy (non-hydrogen) atoms. The zero-order chi connectivity index (χ0) is 14.7. The van der Waals surface area contributed by atoms with Gasteiger partial charge in [0.15, 0.2) is 0 Å². The van der Waals surface area contributed by atoms with Gasteiger partial charge in [0.2, 0.25) is 0 Å². The van der Waals surface area contributed by atoms with Crippen LogP contribution in [0.4, 0.5) is 0 Å². The number of rotatable bonds is 1. The van der Waals surface area contributed by atoms with E-state index >= 15 is 0 Å². The standard InChI is InChI=1S/C10H15.C7H8OP.Fe/c1-6-7(2)9(4)10(5)8(6)3;1-5-4-9-7(3-8)6(5)2;/h1-5H3;3-4H,1-2H3;/q;;+2. The summed E-state index contributed by atoms with van der Waals surface area (Å²) < 4.78 is 0. The van der Waals surface area contributed by atoms with Gasteiger partial charge in [-0.15, -0.1) is 0 Å². The number of aldehydes is 1. The second-order valence-corrected chi connectivity index (χ2v) is 6.19. The smallest absolute Gasteiger partial charge is 0.302 e. The molecule has 0 unspecified atom stereocenters. The van der Waals surface area contributed by atoms with Crippen LogP contribution in [0.15, 0.2) is 0 Å². The van der Waals surface area contributed by atoms with Gasteiger partial charge in [-0.25, -0.2) is 0 Å². The Kier molecular flexibility index (Phi) is 9.19. The van der Waals surface area contributed by atoms with Gasteiger partial charge in [0.1, 0.15) is 6.29 Å². The van der Waals surface area contributed by atoms with Crippen LogP contribution >= 0.6 is 8.58 Å². The Morgan fingerprint density at radius 1 is 0.750 bits per heavy atom. The Bertz CT molecular complexity index is 252. The van der Waals surface area contributed by atoms with Gasteiger partial charge < -0.3 is 4.79 Å². The third-order valence-corrected chi connectivity index (χ3v) is 5.53. The quantitative estimate of drug-likeness (QED) is 0.376. The van der Waals surface area contributed by atoms with E-state index in [0.717, 1.165) is 26.4 Å². The predicted molar refractivity (Wildman–Crippen MR) is 82.9 cm³/mol. The second kappa shape index (κ2) is 8.92. The SMILES string of the molecule is C[C]1[CH][P][C](C=O)[C]1C.C[C]1[C](C)[C](C)[C](C)[C]1C.[Fe+2]. The van der Waals surface area contributed by atoms with E-state index in [-0.39, 0.29) is 17.1 Å². The molecule has 2 rings (SSSR count). The van der Waals surface area contributed by atoms with Crippen LogP contribution in [0.2, 0.25) is 0 Å². The van der Waals surface area contributed by atoms with E-state index in [1.165, 1.54) is 35.5 Å². The summed E-state index contributed by atoms with van der Waals surface area (Å²) in [6, 6.07) is 0. The molecule has 0 N–H and O–H groups in total. The summed E-state index contributed by atoms with van der Waals surface area (Å²) in [6.45, 7) is 15.0. The van der Waals surface area contributed by atoms with Crippen molar-refractivity contribution < 1.29 is 21.9 Å². The first kappa shape index (κ1) is 20.6. The van der Waals surface area contributed by atoms with Crippen molar-refractivity contribution in [3.63, 3.8) is 0 Å². The Balaban J connectivity index is 0.000000345. The topological polar surface area (TPSA) is 17.1 Å². The molecule has 1 saturated carbocycles. The first-order valence-electron chi connectivity index (χ1n) is 6.54. The van der Waals surface area contributed by atoms with Crippen LogP contribution in [0.25, 0.3) is 0 Å². The van der Waals surface area contributed by atoms with Gasteiger partial charge in [-0.2, -0.15) is 0 Å². The number of carbonyl (C=O) groups excluding carboxylic acids is 1. The Hall–Kier alpha value is 0.619. The van der Waals surface area contributed by atoms with Gasteiger partial charge in [-0.05, 0) is 47.6 Å². The minimum Gasteiger partial charge on any atom is -0.302 e. The van der Waals surface area contributed by atoms with Crippen molar-refractivity contribution in [1.82, 2.24) is 0 Å². The first-order valence-corrected chi connectivity index (χ1v) is 7.51. The number of carbonyl (C=O) groups is 1. The molecule has 0 amide bonds. The molecule has 1 saturated heterocycles. The molecule has 108 valence electrons. The van der Waals surface area contributed by atoms with E-state index in [9.17, 15) is 4.79 Å². The third-order valence-electron chi connectivity index (χ3n) is 4.30. The maximum Gasteiger partial charge on any atom is 2.00 e. The van der Waals surface area contributed by atoms with Crippen LogP contribution in [0, 0.1) is 53.2 Å². The van der Waals surface area contributed by atoms with Crippen molar-refractivity contribution in [3.8, 4) is 0 Å². The van der Waals surface area contributed by atoms with E-state index in [4.69, 9.17) is 0 Å². The Morgan fingerprint density at radius 3 is 1.25 bits per heavy atom. The summed E-state index contributed by atoms with van der Waals surface area (Å²) in [6.07, 6.45) is 2.99. The molecular weight excluding hydrogens is 307 g/mol. The minimum atomic E-state index is 0. The Morgan fingerprint density at radius 2 is 1.10 bits per heavy atom. The van der Waals surface area contributed by atoms with E-state index in [1.807, 2.05) is 13.8 Å². The molecule has 3 heteroatoms. The van der Waals surface area contributed by atoms with Gasteiger partial charge in [0.25, 0.3) is 0 Å². The molecule has 0 bridgehead atoms. The normalized spacial score (nSPS) is 26.8. The van der Waals surface area contributed by atoms with E-state index in [0.29, 0.717) is 0 Å². The zero-order valence-electron chi connectivity index (χ0n) is 13.4. The summed E-state index contributed by atoms with van der Waals surface area (Å²) in [4.78, 5) is 10.3. The van der Waals surface area contributed by atoms with Gasteiger partial charge in [0, 0.05) is 0 Å². The fourth-order valence-corrected chi connectivity index (χ4v) is 3.04. The Labute approximate surface area is 138 Å². The molecule has 1 heterocycles. The monoisotopic (exact) mass is 330 g/mol. The average molecular weight is 330 g/mol. The predicted octanol–water partition coefficient (Wildman–Crippen LogP) is 5.00. The molecule has 2 aliphatic rings. The largest absolute Gasteiger partial charge is 2.00 e. The van der Waals surface area contributed by atoms with Crippen molar-refractivity contribution >= 4 is 14.9 Å². The van der Waals surface area contributed by atoms with Crippen molar-refractivity contribution in [2.75, 3.05) is 0 Å². The first-order chi connectivity index (χ1) is 8.81. The molecular formula is C17H23FeOP+2. The molecule has 0 aromatic rings. The van der Waals surface area contributed by atoms with Gasteiger partial charge in [-0.3, -0.25) is 0 Å². The summed E-state index contributed by atoms with van der Waals surface area (Å²) in [5.41, 5.74) is 0.910. The van der Waals surface area contributed by atoms with E-state index in [2.05, 4.69) is 40.8 Å². The van der Waals surface area contributed by atoms with Gasteiger partial charge in [0.05, 0.1) is 5.66 Å². The van der Waals surface area contributed by atoms with E-state index < -0.39 is 0 Å². The van der Waals surface area contributed by atoms with Gasteiger partial charge in [-0.1, -0.05) is 57.0 Å². The molecule has 1 nitrogen and oxygen atoms in total. The van der Waals surface area contributed by atoms with Crippen molar-refractivity contribution in [3.05, 3.63) is 53.2 Å². The summed E-state index contributed by atoms with van der Waals surface area (Å²) in [5, 5.41) is 0. The number of hydrogen-bond donors (Lipinski definition) is 0. The average Bonchev–Trinajstić information content (AvgIpc) is 2.81. The summed E-state index contributed by atoms with van der Waals surface area (Å²) in [7, 11) is 1.06. The van der Waals surface area contributed by atoms with Crippen LogP contribution in [0.1, 0.15) is 48.5 Å². The molecule has 1 aliphatic heterocycles. The zero-order valence-corrected chi connectivity index (χ0v) is 15.4. The fraction of sp³-hybridized carbons (Fsp3) is 0.412. The van der Waals surface area contributed by atoms with Crippen molar-refractivity contribution in [2.45, 2.75) is 48.5 Å². The molecule has 0 atom stereocenters. The van der Waals surface area contributed by atoms with Gasteiger partial charge >= 0.3 is 17.1 Å². The van der Waals surface area contributed by atoms with Crippen LogP contribution in [-0.4, -0.2) is 6.29 Å². The van der Waals surface area contributed by atoms with Crippen LogP contribution in [0.5, 0.6) is 0 Å². The summed E-state index contributed by atoms with van der Waals surface area (Å²) in [5.74, 6) is 9.72. The minimum absolute atomic E-state index is 0. The van der Waals surface area contributed by atoms with E-state index in [1.54, 1.807) is 0 Å². The molecule has 10 radical (unpaired) electrons. The molecule has 0 aromatic carbocycles. The molecule has 1 aliphatic carbocycles. The second-order valence-electron chi connectivity index (χ2n) is 5.19. The van der Waals surface area contributed by atoms with Crippen LogP contribution in [-0.2, 0) is 21.9 Å². The summed E-state index contributed by atoms with van der Waals surface area (Å²) >= 11 is 0. The van der Waals surface area contributed by atoms with Crippen LogP contribution < -0.4 is 0 Å². The maximum absolute atomic E-state index is 10.3. The number of hydrogen-bond acceptors (Lipinski definition) is 1. The van der Waals surface area contributed by atoms with Crippen molar-refractivity contribution in [2.24, 2.45) is 0 Å². The maximum atomic E-state index is 10.3. The molecule has 2 fully saturated rings. The molecule has 0 spiro atoms. The fourth-order valence-electron chi connectivity index (χ4n) is 2.09. The van der Waals surface area contributed by atoms with Crippen molar-refractivity contribution in [1.29, 1.82) is 0 Å². The molecule has 0 aromatic heterocycles.